The first-order valence-corrected chi connectivity index (χ1v) is 8.00. The molecule has 1 amide bonds. The Labute approximate surface area is 155 Å². The molecule has 6 heteroatoms. The predicted molar refractivity (Wildman–Crippen MR) is 106 cm³/mol. The van der Waals surface area contributed by atoms with Crippen molar-refractivity contribution in [3.05, 3.63) is 29.8 Å². The van der Waals surface area contributed by atoms with E-state index < -0.39 is 0 Å². The molecule has 0 aromatic heterocycles. The molecule has 0 unspecified atom stereocenters. The van der Waals surface area contributed by atoms with Crippen molar-refractivity contribution in [2.45, 2.75) is 33.1 Å². The fraction of sp³-hybridized carbons (Fsp3) is 0.529. The molecule has 0 fully saturated rings. The van der Waals surface area contributed by atoms with Gasteiger partial charge in [0, 0.05) is 18.8 Å². The van der Waals surface area contributed by atoms with Gasteiger partial charge in [-0.2, -0.15) is 0 Å². The number of hydrogen-bond donors (Lipinski definition) is 2. The number of carbonyl (C=O) groups excluding carboxylic acids is 1. The van der Waals surface area contributed by atoms with Gasteiger partial charge >= 0.3 is 0 Å². The van der Waals surface area contributed by atoms with E-state index in [1.807, 2.05) is 23.1 Å². The molecule has 1 heterocycles. The first kappa shape index (κ1) is 19.7. The van der Waals surface area contributed by atoms with E-state index in [1.165, 1.54) is 5.56 Å². The molecular weight excluding hydrogens is 403 g/mol. The van der Waals surface area contributed by atoms with Gasteiger partial charge in [-0.3, -0.25) is 4.79 Å². The summed E-state index contributed by atoms with van der Waals surface area (Å²) >= 11 is 0. The van der Waals surface area contributed by atoms with Crippen LogP contribution in [0.15, 0.2) is 29.3 Å². The van der Waals surface area contributed by atoms with E-state index in [0.717, 1.165) is 38.0 Å². The molecule has 0 spiro atoms. The zero-order valence-electron chi connectivity index (χ0n) is 13.9. The maximum Gasteiger partial charge on any atom is 0.248 e. The summed E-state index contributed by atoms with van der Waals surface area (Å²) in [6.07, 6.45) is 3.06. The number of nitrogens with two attached hydrogens (primary N) is 1. The molecule has 23 heavy (non-hydrogen) atoms. The van der Waals surface area contributed by atoms with E-state index in [2.05, 4.69) is 30.2 Å². The van der Waals surface area contributed by atoms with E-state index in [-0.39, 0.29) is 36.4 Å². The minimum atomic E-state index is 0. The predicted octanol–water partition coefficient (Wildman–Crippen LogP) is 2.53. The molecule has 0 atom stereocenters. The van der Waals surface area contributed by atoms with Crippen LogP contribution in [-0.4, -0.2) is 31.5 Å². The van der Waals surface area contributed by atoms with E-state index in [4.69, 9.17) is 5.73 Å². The molecule has 128 valence electrons. The van der Waals surface area contributed by atoms with E-state index in [1.54, 1.807) is 0 Å². The van der Waals surface area contributed by atoms with Crippen molar-refractivity contribution in [1.29, 1.82) is 0 Å². The van der Waals surface area contributed by atoms with Crippen LogP contribution in [0.1, 0.15) is 32.3 Å². The van der Waals surface area contributed by atoms with Crippen LogP contribution in [0.3, 0.4) is 0 Å². The number of fused-ring (bicyclic) bond motifs is 1. The molecule has 2 rings (SSSR count). The van der Waals surface area contributed by atoms with Crippen molar-refractivity contribution < 1.29 is 4.79 Å². The van der Waals surface area contributed by atoms with Crippen molar-refractivity contribution in [3.8, 4) is 0 Å². The van der Waals surface area contributed by atoms with Gasteiger partial charge in [-0.1, -0.05) is 32.0 Å². The molecule has 0 saturated heterocycles. The summed E-state index contributed by atoms with van der Waals surface area (Å²) in [5.74, 6) is 0.965. The fourth-order valence-corrected chi connectivity index (χ4v) is 2.58. The van der Waals surface area contributed by atoms with Gasteiger partial charge < -0.3 is 16.0 Å². The number of benzene rings is 1. The zero-order valence-corrected chi connectivity index (χ0v) is 16.2. The van der Waals surface area contributed by atoms with Crippen LogP contribution < -0.4 is 16.0 Å². The van der Waals surface area contributed by atoms with Gasteiger partial charge in [0.05, 0.1) is 0 Å². The average Bonchev–Trinajstić information content (AvgIpc) is 2.51. The Bertz CT molecular complexity index is 545. The van der Waals surface area contributed by atoms with Crippen molar-refractivity contribution in [2.75, 3.05) is 24.5 Å². The molecule has 1 aromatic rings. The number of rotatable bonds is 5. The summed E-state index contributed by atoms with van der Waals surface area (Å²) in [6.45, 7) is 5.95. The third-order valence-electron chi connectivity index (χ3n) is 3.82. The lowest BCUT2D eigenvalue weighted by atomic mass is 10.0. The number of para-hydroxylation sites is 1. The number of amides is 1. The van der Waals surface area contributed by atoms with Gasteiger partial charge in [0.15, 0.2) is 5.96 Å². The Morgan fingerprint density at radius 1 is 1.39 bits per heavy atom. The second-order valence-corrected chi connectivity index (χ2v) is 6.09. The van der Waals surface area contributed by atoms with Gasteiger partial charge in [-0.25, -0.2) is 4.99 Å². The Hall–Kier alpha value is -1.31. The Morgan fingerprint density at radius 2 is 2.13 bits per heavy atom. The maximum atomic E-state index is 12.4. The number of guanidine groups is 1. The van der Waals surface area contributed by atoms with Crippen LogP contribution in [-0.2, 0) is 11.2 Å². The van der Waals surface area contributed by atoms with Crippen molar-refractivity contribution in [1.82, 2.24) is 5.32 Å². The summed E-state index contributed by atoms with van der Waals surface area (Å²) in [6, 6.07) is 8.07. The largest absolute Gasteiger partial charge is 0.370 e. The summed E-state index contributed by atoms with van der Waals surface area (Å²) in [5, 5.41) is 3.05. The van der Waals surface area contributed by atoms with Crippen LogP contribution in [0.5, 0.6) is 0 Å². The molecule has 0 saturated carbocycles. The van der Waals surface area contributed by atoms with E-state index >= 15 is 0 Å². The Kier molecular flexibility index (Phi) is 8.36. The highest BCUT2D eigenvalue weighted by atomic mass is 127. The number of aliphatic imine (C=N–C) groups is 1. The van der Waals surface area contributed by atoms with Crippen LogP contribution in [0.2, 0.25) is 0 Å². The van der Waals surface area contributed by atoms with Crippen molar-refractivity contribution in [3.63, 3.8) is 0 Å². The second kappa shape index (κ2) is 9.75. The summed E-state index contributed by atoms with van der Waals surface area (Å²) in [5.41, 5.74) is 8.05. The molecule has 0 bridgehead atoms. The summed E-state index contributed by atoms with van der Waals surface area (Å²) < 4.78 is 0. The van der Waals surface area contributed by atoms with Crippen molar-refractivity contribution in [2.24, 2.45) is 16.6 Å². The molecule has 5 nitrogen and oxygen atoms in total. The molecule has 1 aromatic carbocycles. The number of carbonyl (C=O) groups is 1. The minimum absolute atomic E-state index is 0. The smallest absolute Gasteiger partial charge is 0.248 e. The number of hydrogen-bond acceptors (Lipinski definition) is 2. The first-order valence-electron chi connectivity index (χ1n) is 8.00. The highest BCUT2D eigenvalue weighted by molar-refractivity contribution is 14.0. The van der Waals surface area contributed by atoms with E-state index in [9.17, 15) is 4.79 Å². The Balaban J connectivity index is 0.00000264. The second-order valence-electron chi connectivity index (χ2n) is 6.09. The minimum Gasteiger partial charge on any atom is -0.370 e. The van der Waals surface area contributed by atoms with Crippen LogP contribution in [0.25, 0.3) is 0 Å². The normalized spacial score (nSPS) is 14.2. The quantitative estimate of drug-likeness (QED) is 0.429. The molecule has 1 aliphatic rings. The lowest BCUT2D eigenvalue weighted by Gasteiger charge is -2.29. The van der Waals surface area contributed by atoms with Crippen LogP contribution >= 0.6 is 24.0 Å². The van der Waals surface area contributed by atoms with Gasteiger partial charge in [0.2, 0.25) is 5.91 Å². The zero-order chi connectivity index (χ0) is 15.9. The molecule has 0 aliphatic carbocycles. The average molecular weight is 430 g/mol. The van der Waals surface area contributed by atoms with Gasteiger partial charge in [-0.15, -0.1) is 24.0 Å². The molecule has 0 radical (unpaired) electrons. The van der Waals surface area contributed by atoms with Gasteiger partial charge in [0.1, 0.15) is 6.54 Å². The fourth-order valence-electron chi connectivity index (χ4n) is 2.58. The third-order valence-corrected chi connectivity index (χ3v) is 3.82. The number of aryl methyl sites for hydroxylation is 1. The number of halogens is 1. The lowest BCUT2D eigenvalue weighted by Crippen LogP contribution is -2.39. The summed E-state index contributed by atoms with van der Waals surface area (Å²) in [4.78, 5) is 18.4. The first-order chi connectivity index (χ1) is 10.6. The monoisotopic (exact) mass is 430 g/mol. The topological polar surface area (TPSA) is 70.7 Å². The van der Waals surface area contributed by atoms with Gasteiger partial charge in [0.25, 0.3) is 0 Å². The standard InChI is InChI=1S/C17H26N4O.HI/c1-13(2)9-10-19-17(18)20-12-16(22)21-11-5-7-14-6-3-4-8-15(14)21;/h3-4,6,8,13H,5,7,9-12H2,1-2H3,(H3,18,19,20);1H. The Morgan fingerprint density at radius 3 is 2.87 bits per heavy atom. The lowest BCUT2D eigenvalue weighted by molar-refractivity contribution is -0.117. The van der Waals surface area contributed by atoms with E-state index in [0.29, 0.717) is 11.9 Å². The maximum absolute atomic E-state index is 12.4. The van der Waals surface area contributed by atoms with Gasteiger partial charge in [-0.05, 0) is 36.8 Å². The van der Waals surface area contributed by atoms with Crippen LogP contribution in [0, 0.1) is 5.92 Å². The number of nitrogens with zero attached hydrogens (tertiary/aromatic N) is 2. The molecule has 1 aliphatic heterocycles. The molecular formula is C17H27IN4O. The SMILES string of the molecule is CC(C)CCNC(N)=NCC(=O)N1CCCc2ccccc21.I. The third kappa shape index (κ3) is 6.01. The highest BCUT2D eigenvalue weighted by Crippen LogP contribution is 2.26. The number of nitrogens with one attached hydrogen (secondary N) is 1. The highest BCUT2D eigenvalue weighted by Gasteiger charge is 2.21. The summed E-state index contributed by atoms with van der Waals surface area (Å²) in [7, 11) is 0. The van der Waals surface area contributed by atoms with Crippen LogP contribution in [0.4, 0.5) is 5.69 Å². The molecule has 3 N–H and O–H groups in total. The van der Waals surface area contributed by atoms with Crippen molar-refractivity contribution >= 4 is 41.5 Å². The number of anilines is 1.